The Morgan fingerprint density at radius 1 is 1.44 bits per heavy atom. The highest BCUT2D eigenvalue weighted by Gasteiger charge is 2.38. The highest BCUT2D eigenvalue weighted by Crippen LogP contribution is 2.39. The van der Waals surface area contributed by atoms with Gasteiger partial charge in [-0.3, -0.25) is 0 Å². The van der Waals surface area contributed by atoms with Crippen molar-refractivity contribution in [3.05, 3.63) is 34.1 Å². The molecule has 18 heavy (non-hydrogen) atoms. The third-order valence-electron chi connectivity index (χ3n) is 4.27. The predicted octanol–water partition coefficient (Wildman–Crippen LogP) is 4.32. The van der Waals surface area contributed by atoms with Crippen LogP contribution in [0.25, 0.3) is 0 Å². The second-order valence-corrected chi connectivity index (χ2v) is 6.57. The van der Waals surface area contributed by atoms with Gasteiger partial charge in [-0.2, -0.15) is 0 Å². The van der Waals surface area contributed by atoms with Crippen molar-refractivity contribution in [2.45, 2.75) is 45.1 Å². The molecular weight excluding hydrogens is 295 g/mol. The van der Waals surface area contributed by atoms with Gasteiger partial charge in [0.25, 0.3) is 0 Å². The first-order valence-electron chi connectivity index (χ1n) is 6.57. The van der Waals surface area contributed by atoms with E-state index >= 15 is 0 Å². The Kier molecular flexibility index (Phi) is 4.12. The highest BCUT2D eigenvalue weighted by atomic mass is 79.9. The van der Waals surface area contributed by atoms with Crippen molar-refractivity contribution < 1.29 is 9.50 Å². The van der Waals surface area contributed by atoms with Gasteiger partial charge in [0.2, 0.25) is 0 Å². The molecular formula is C15H20BrFO. The van der Waals surface area contributed by atoms with Gasteiger partial charge in [-0.15, -0.1) is 0 Å². The van der Waals surface area contributed by atoms with Crippen molar-refractivity contribution in [2.75, 3.05) is 0 Å². The summed E-state index contributed by atoms with van der Waals surface area (Å²) in [5, 5.41) is 10.8. The zero-order valence-corrected chi connectivity index (χ0v) is 12.5. The molecule has 2 rings (SSSR count). The van der Waals surface area contributed by atoms with Crippen LogP contribution < -0.4 is 0 Å². The zero-order chi connectivity index (χ0) is 13.3. The normalized spacial score (nSPS) is 32.5. The molecule has 0 saturated heterocycles. The summed E-state index contributed by atoms with van der Waals surface area (Å²) in [5.74, 6) is 0.681. The fraction of sp³-hybridized carbons (Fsp3) is 0.600. The van der Waals surface area contributed by atoms with Crippen molar-refractivity contribution in [1.29, 1.82) is 0 Å². The van der Waals surface area contributed by atoms with E-state index in [2.05, 4.69) is 29.8 Å². The first-order valence-corrected chi connectivity index (χ1v) is 7.37. The minimum absolute atomic E-state index is 0.257. The zero-order valence-electron chi connectivity index (χ0n) is 10.9. The van der Waals surface area contributed by atoms with Gasteiger partial charge in [0, 0.05) is 6.42 Å². The van der Waals surface area contributed by atoms with E-state index < -0.39 is 5.60 Å². The number of hydrogen-bond acceptors (Lipinski definition) is 1. The second-order valence-electron chi connectivity index (χ2n) is 5.77. The molecule has 0 spiro atoms. The van der Waals surface area contributed by atoms with Gasteiger partial charge in [0.15, 0.2) is 0 Å². The van der Waals surface area contributed by atoms with E-state index in [-0.39, 0.29) is 11.7 Å². The number of aliphatic hydroxyl groups is 1. The molecule has 1 nitrogen and oxygen atoms in total. The monoisotopic (exact) mass is 314 g/mol. The Bertz CT molecular complexity index is 435. The summed E-state index contributed by atoms with van der Waals surface area (Å²) < 4.78 is 14.0. The van der Waals surface area contributed by atoms with Crippen molar-refractivity contribution in [3.63, 3.8) is 0 Å². The Morgan fingerprint density at radius 2 is 2.17 bits per heavy atom. The fourth-order valence-electron chi connectivity index (χ4n) is 2.96. The molecule has 1 aromatic carbocycles. The lowest BCUT2D eigenvalue weighted by Gasteiger charge is -2.41. The average molecular weight is 315 g/mol. The molecule has 3 unspecified atom stereocenters. The summed E-state index contributed by atoms with van der Waals surface area (Å²) in [5.41, 5.74) is 0.168. The van der Waals surface area contributed by atoms with Gasteiger partial charge < -0.3 is 5.11 Å². The first-order chi connectivity index (χ1) is 8.42. The molecule has 1 aliphatic rings. The maximum Gasteiger partial charge on any atom is 0.137 e. The van der Waals surface area contributed by atoms with Gasteiger partial charge in [0.1, 0.15) is 5.82 Å². The third-order valence-corrected chi connectivity index (χ3v) is 5.16. The van der Waals surface area contributed by atoms with E-state index in [1.807, 2.05) is 6.07 Å². The van der Waals surface area contributed by atoms with Crippen molar-refractivity contribution in [2.24, 2.45) is 11.8 Å². The van der Waals surface area contributed by atoms with E-state index in [9.17, 15) is 9.50 Å². The van der Waals surface area contributed by atoms with Crippen LogP contribution in [0.3, 0.4) is 0 Å². The molecule has 0 heterocycles. The Hall–Kier alpha value is -0.410. The largest absolute Gasteiger partial charge is 0.389 e. The number of benzene rings is 1. The van der Waals surface area contributed by atoms with Crippen LogP contribution in [0, 0.1) is 17.7 Å². The molecule has 0 bridgehead atoms. The van der Waals surface area contributed by atoms with Gasteiger partial charge in [0.05, 0.1) is 10.1 Å². The molecule has 0 aliphatic heterocycles. The average Bonchev–Trinajstić information content (AvgIpc) is 2.31. The van der Waals surface area contributed by atoms with Crippen LogP contribution in [-0.2, 0) is 6.42 Å². The van der Waals surface area contributed by atoms with Crippen LogP contribution in [0.5, 0.6) is 0 Å². The fourth-order valence-corrected chi connectivity index (χ4v) is 3.37. The molecule has 1 aromatic rings. The topological polar surface area (TPSA) is 20.2 Å². The highest BCUT2D eigenvalue weighted by molar-refractivity contribution is 9.10. The van der Waals surface area contributed by atoms with Crippen LogP contribution in [0.15, 0.2) is 22.7 Å². The van der Waals surface area contributed by atoms with Crippen LogP contribution >= 0.6 is 15.9 Å². The second kappa shape index (κ2) is 5.30. The number of halogens is 2. The first kappa shape index (κ1) is 14.0. The summed E-state index contributed by atoms with van der Waals surface area (Å²) in [4.78, 5) is 0. The van der Waals surface area contributed by atoms with Crippen LogP contribution in [0.4, 0.5) is 4.39 Å². The summed E-state index contributed by atoms with van der Waals surface area (Å²) in [6.07, 6.45) is 3.43. The van der Waals surface area contributed by atoms with E-state index in [1.165, 1.54) is 6.07 Å². The molecule has 0 aromatic heterocycles. The lowest BCUT2D eigenvalue weighted by Crippen LogP contribution is -2.43. The summed E-state index contributed by atoms with van der Waals surface area (Å²) >= 11 is 3.28. The Balaban J connectivity index is 2.20. The summed E-state index contributed by atoms with van der Waals surface area (Å²) in [6.45, 7) is 4.33. The smallest absolute Gasteiger partial charge is 0.137 e. The standard InChI is InChI=1S/C15H20BrFO/c1-10-6-7-15(18,11(2)8-10)9-12-4-3-5-13(17)14(12)16/h3-5,10-11,18H,6-9H2,1-2H3. The lowest BCUT2D eigenvalue weighted by molar-refractivity contribution is -0.0523. The Labute approximate surface area is 117 Å². The SMILES string of the molecule is CC1CCC(O)(Cc2cccc(F)c2Br)C(C)C1. The van der Waals surface area contributed by atoms with Gasteiger partial charge in [-0.1, -0.05) is 26.0 Å². The predicted molar refractivity (Wildman–Crippen MR) is 74.9 cm³/mol. The Morgan fingerprint density at radius 3 is 2.83 bits per heavy atom. The molecule has 1 fully saturated rings. The summed E-state index contributed by atoms with van der Waals surface area (Å²) in [7, 11) is 0. The number of rotatable bonds is 2. The molecule has 3 atom stereocenters. The van der Waals surface area contributed by atoms with E-state index in [0.29, 0.717) is 16.8 Å². The minimum Gasteiger partial charge on any atom is -0.389 e. The minimum atomic E-state index is -0.692. The van der Waals surface area contributed by atoms with E-state index in [0.717, 1.165) is 24.8 Å². The molecule has 1 saturated carbocycles. The molecule has 100 valence electrons. The molecule has 0 amide bonds. The molecule has 1 aliphatic carbocycles. The third kappa shape index (κ3) is 2.77. The molecule has 0 radical (unpaired) electrons. The van der Waals surface area contributed by atoms with Gasteiger partial charge in [-0.25, -0.2) is 4.39 Å². The van der Waals surface area contributed by atoms with Gasteiger partial charge >= 0.3 is 0 Å². The molecule has 1 N–H and O–H groups in total. The van der Waals surface area contributed by atoms with Crippen LogP contribution in [0.1, 0.15) is 38.7 Å². The number of hydrogen-bond donors (Lipinski definition) is 1. The van der Waals surface area contributed by atoms with Crippen molar-refractivity contribution in [3.8, 4) is 0 Å². The lowest BCUT2D eigenvalue weighted by atomic mass is 9.70. The summed E-state index contributed by atoms with van der Waals surface area (Å²) in [6, 6.07) is 5.02. The van der Waals surface area contributed by atoms with Crippen LogP contribution in [0.2, 0.25) is 0 Å². The van der Waals surface area contributed by atoms with Gasteiger partial charge in [-0.05, 0) is 58.7 Å². The quantitative estimate of drug-likeness (QED) is 0.862. The van der Waals surface area contributed by atoms with Crippen LogP contribution in [-0.4, -0.2) is 10.7 Å². The van der Waals surface area contributed by atoms with Crippen molar-refractivity contribution in [1.82, 2.24) is 0 Å². The maximum atomic E-state index is 13.5. The van der Waals surface area contributed by atoms with E-state index in [4.69, 9.17) is 0 Å². The molecule has 3 heteroatoms. The maximum absolute atomic E-state index is 13.5. The van der Waals surface area contributed by atoms with E-state index in [1.54, 1.807) is 6.07 Å². The van der Waals surface area contributed by atoms with Crippen molar-refractivity contribution >= 4 is 15.9 Å².